The molecule has 0 spiro atoms. The normalized spacial score (nSPS) is 10.9. The van der Waals surface area contributed by atoms with Crippen LogP contribution in [0.5, 0.6) is 0 Å². The molecule has 1 heterocycles. The number of carbonyl (C=O) groups excluding carboxylic acids is 1. The van der Waals surface area contributed by atoms with Gasteiger partial charge >= 0.3 is 0 Å². The van der Waals surface area contributed by atoms with E-state index in [1.54, 1.807) is 41.9 Å². The lowest BCUT2D eigenvalue weighted by Gasteiger charge is -2.10. The number of amides is 1. The minimum atomic E-state index is -0.327. The number of aromatic nitrogens is 1. The van der Waals surface area contributed by atoms with Crippen molar-refractivity contribution in [2.45, 2.75) is 6.92 Å². The van der Waals surface area contributed by atoms with Crippen molar-refractivity contribution in [1.82, 2.24) is 4.57 Å². The maximum atomic E-state index is 13.3. The average Bonchev–Trinajstić information content (AvgIpc) is 2.81. The summed E-state index contributed by atoms with van der Waals surface area (Å²) in [5.74, 6) is -0.587. The third-order valence-corrected chi connectivity index (χ3v) is 4.17. The largest absolute Gasteiger partial charge is 0.340 e. The lowest BCUT2D eigenvalue weighted by molar-refractivity contribution is 0.101. The van der Waals surface area contributed by atoms with E-state index in [1.807, 2.05) is 6.92 Å². The molecule has 0 aliphatic carbocycles. The molecule has 0 unspecified atom stereocenters. The minimum absolute atomic E-state index is 0.260. The Bertz CT molecular complexity index is 886. The maximum absolute atomic E-state index is 13.3. The fourth-order valence-electron chi connectivity index (χ4n) is 2.45. The number of nitrogens with zero attached hydrogens (tertiary/aromatic N) is 1. The minimum Gasteiger partial charge on any atom is -0.340 e. The Labute approximate surface area is 132 Å². The number of anilines is 1. The first-order valence-electron chi connectivity index (χ1n) is 6.79. The number of aryl methyl sites for hydroxylation is 1. The Hall–Kier alpha value is -2.33. The second-order valence-corrected chi connectivity index (χ2v) is 5.57. The van der Waals surface area contributed by atoms with Crippen molar-refractivity contribution in [2.75, 3.05) is 5.32 Å². The van der Waals surface area contributed by atoms with Crippen LogP contribution in [0.3, 0.4) is 0 Å². The van der Waals surface area contributed by atoms with Gasteiger partial charge in [0.15, 0.2) is 0 Å². The Morgan fingerprint density at radius 3 is 2.77 bits per heavy atom. The van der Waals surface area contributed by atoms with Gasteiger partial charge in [-0.05, 0) is 48.9 Å². The number of benzene rings is 2. The summed E-state index contributed by atoms with van der Waals surface area (Å²) in [6.45, 7) is 1.84. The highest BCUT2D eigenvalue weighted by molar-refractivity contribution is 6.31. The molecule has 22 heavy (non-hydrogen) atoms. The highest BCUT2D eigenvalue weighted by Crippen LogP contribution is 2.25. The number of carbonyl (C=O) groups is 1. The summed E-state index contributed by atoms with van der Waals surface area (Å²) in [5.41, 5.74) is 2.60. The molecule has 0 aliphatic rings. The molecule has 0 fully saturated rings. The fourth-order valence-corrected chi connectivity index (χ4v) is 2.62. The molecule has 5 heteroatoms. The first kappa shape index (κ1) is 14.6. The van der Waals surface area contributed by atoms with E-state index in [0.717, 1.165) is 10.9 Å². The molecule has 3 rings (SSSR count). The highest BCUT2D eigenvalue weighted by atomic mass is 35.5. The molecule has 0 atom stereocenters. The van der Waals surface area contributed by atoms with Crippen molar-refractivity contribution in [3.05, 3.63) is 64.6 Å². The third-order valence-electron chi connectivity index (χ3n) is 3.76. The standard InChI is InChI=1S/C17H14ClFN2O/c1-10-13(18)4-3-5-14(10)20-17(22)16-8-11-6-7-12(19)9-15(11)21(16)2/h3-9H,1-2H3,(H,20,22). The zero-order valence-corrected chi connectivity index (χ0v) is 12.9. The third kappa shape index (κ3) is 2.46. The van der Waals surface area contributed by atoms with Crippen molar-refractivity contribution < 1.29 is 9.18 Å². The second kappa shape index (κ2) is 5.46. The zero-order chi connectivity index (χ0) is 15.9. The van der Waals surface area contributed by atoms with E-state index in [1.165, 1.54) is 12.1 Å². The Kier molecular flexibility index (Phi) is 3.62. The van der Waals surface area contributed by atoms with Crippen LogP contribution in [0.4, 0.5) is 10.1 Å². The molecule has 3 nitrogen and oxygen atoms in total. The summed E-state index contributed by atoms with van der Waals surface area (Å²) in [6, 6.07) is 11.5. The van der Waals surface area contributed by atoms with Crippen LogP contribution in [-0.4, -0.2) is 10.5 Å². The summed E-state index contributed by atoms with van der Waals surface area (Å²) in [5, 5.41) is 4.26. The Balaban J connectivity index is 1.99. The number of fused-ring (bicyclic) bond motifs is 1. The molecule has 2 aromatic carbocycles. The van der Waals surface area contributed by atoms with Crippen LogP contribution in [-0.2, 0) is 7.05 Å². The monoisotopic (exact) mass is 316 g/mol. The maximum Gasteiger partial charge on any atom is 0.272 e. The van der Waals surface area contributed by atoms with Gasteiger partial charge in [0.1, 0.15) is 11.5 Å². The van der Waals surface area contributed by atoms with E-state index in [4.69, 9.17) is 11.6 Å². The molecule has 0 radical (unpaired) electrons. The van der Waals surface area contributed by atoms with E-state index >= 15 is 0 Å². The molecule has 3 aromatic rings. The van der Waals surface area contributed by atoms with E-state index < -0.39 is 0 Å². The van der Waals surface area contributed by atoms with Gasteiger partial charge in [0, 0.05) is 23.1 Å². The summed E-state index contributed by atoms with van der Waals surface area (Å²) in [7, 11) is 1.74. The Morgan fingerprint density at radius 1 is 1.23 bits per heavy atom. The molecule has 1 N–H and O–H groups in total. The number of nitrogens with one attached hydrogen (secondary N) is 1. The van der Waals surface area contributed by atoms with Crippen molar-refractivity contribution >= 4 is 34.1 Å². The number of hydrogen-bond donors (Lipinski definition) is 1. The van der Waals surface area contributed by atoms with Gasteiger partial charge in [-0.25, -0.2) is 4.39 Å². The number of halogens is 2. The average molecular weight is 317 g/mol. The molecule has 112 valence electrons. The predicted molar refractivity (Wildman–Crippen MR) is 87.0 cm³/mol. The van der Waals surface area contributed by atoms with Crippen LogP contribution >= 0.6 is 11.6 Å². The summed E-state index contributed by atoms with van der Waals surface area (Å²) in [4.78, 5) is 12.5. The summed E-state index contributed by atoms with van der Waals surface area (Å²) >= 11 is 6.06. The van der Waals surface area contributed by atoms with Gasteiger partial charge in [-0.2, -0.15) is 0 Å². The van der Waals surface area contributed by atoms with Crippen LogP contribution in [0.15, 0.2) is 42.5 Å². The van der Waals surface area contributed by atoms with Crippen LogP contribution in [0.2, 0.25) is 5.02 Å². The summed E-state index contributed by atoms with van der Waals surface area (Å²) in [6.07, 6.45) is 0. The van der Waals surface area contributed by atoms with E-state index in [9.17, 15) is 9.18 Å². The van der Waals surface area contributed by atoms with Crippen molar-refractivity contribution in [3.63, 3.8) is 0 Å². The molecular weight excluding hydrogens is 303 g/mol. The van der Waals surface area contributed by atoms with Crippen LogP contribution in [0, 0.1) is 12.7 Å². The lowest BCUT2D eigenvalue weighted by atomic mass is 10.2. The van der Waals surface area contributed by atoms with Gasteiger partial charge in [0.05, 0.1) is 5.52 Å². The number of hydrogen-bond acceptors (Lipinski definition) is 1. The van der Waals surface area contributed by atoms with Gasteiger partial charge in [-0.15, -0.1) is 0 Å². The smallest absolute Gasteiger partial charge is 0.272 e. The van der Waals surface area contributed by atoms with E-state index in [2.05, 4.69) is 5.32 Å². The second-order valence-electron chi connectivity index (χ2n) is 5.16. The molecule has 0 aliphatic heterocycles. The molecule has 0 bridgehead atoms. The first-order chi connectivity index (χ1) is 10.5. The van der Waals surface area contributed by atoms with Crippen molar-refractivity contribution in [3.8, 4) is 0 Å². The molecule has 0 saturated carbocycles. The van der Waals surface area contributed by atoms with E-state index in [-0.39, 0.29) is 11.7 Å². The van der Waals surface area contributed by atoms with Crippen molar-refractivity contribution in [2.24, 2.45) is 7.05 Å². The first-order valence-corrected chi connectivity index (χ1v) is 7.16. The molecular formula is C17H14ClFN2O. The van der Waals surface area contributed by atoms with Gasteiger partial charge in [-0.3, -0.25) is 4.79 Å². The predicted octanol–water partition coefficient (Wildman–Crippen LogP) is 4.53. The van der Waals surface area contributed by atoms with E-state index in [0.29, 0.717) is 21.9 Å². The fraction of sp³-hybridized carbons (Fsp3) is 0.118. The molecule has 0 saturated heterocycles. The quantitative estimate of drug-likeness (QED) is 0.740. The summed E-state index contributed by atoms with van der Waals surface area (Å²) < 4.78 is 15.0. The zero-order valence-electron chi connectivity index (χ0n) is 12.2. The highest BCUT2D eigenvalue weighted by Gasteiger charge is 2.15. The number of rotatable bonds is 2. The SMILES string of the molecule is Cc1c(Cl)cccc1NC(=O)c1cc2ccc(F)cc2n1C. The molecule has 1 amide bonds. The van der Waals surface area contributed by atoms with Gasteiger partial charge in [-0.1, -0.05) is 17.7 Å². The van der Waals surface area contributed by atoms with Crippen LogP contribution in [0.1, 0.15) is 16.1 Å². The van der Waals surface area contributed by atoms with Crippen LogP contribution < -0.4 is 5.32 Å². The van der Waals surface area contributed by atoms with Gasteiger partial charge < -0.3 is 9.88 Å². The lowest BCUT2D eigenvalue weighted by Crippen LogP contribution is -2.16. The topological polar surface area (TPSA) is 34.0 Å². The Morgan fingerprint density at radius 2 is 2.00 bits per heavy atom. The van der Waals surface area contributed by atoms with Crippen molar-refractivity contribution in [1.29, 1.82) is 0 Å². The van der Waals surface area contributed by atoms with Gasteiger partial charge in [0.2, 0.25) is 0 Å². The van der Waals surface area contributed by atoms with Gasteiger partial charge in [0.25, 0.3) is 5.91 Å². The van der Waals surface area contributed by atoms with Crippen LogP contribution in [0.25, 0.3) is 10.9 Å². The molecule has 1 aromatic heterocycles.